The van der Waals surface area contributed by atoms with Crippen LogP contribution in [-0.4, -0.2) is 20.6 Å². The van der Waals surface area contributed by atoms with Crippen LogP contribution in [0.1, 0.15) is 53.5 Å². The van der Waals surface area contributed by atoms with Crippen LogP contribution < -0.4 is 5.56 Å². The molecule has 0 amide bonds. The van der Waals surface area contributed by atoms with Gasteiger partial charge < -0.3 is 5.11 Å². The molecule has 0 unspecified atom stereocenters. The van der Waals surface area contributed by atoms with Gasteiger partial charge in [0.2, 0.25) is 0 Å². The van der Waals surface area contributed by atoms with Crippen molar-refractivity contribution in [3.63, 3.8) is 0 Å². The molecule has 5 nitrogen and oxygen atoms in total. The quantitative estimate of drug-likeness (QED) is 0.761. The van der Waals surface area contributed by atoms with Crippen molar-refractivity contribution in [1.29, 1.82) is 0 Å². The maximum absolute atomic E-state index is 12.8. The van der Waals surface area contributed by atoms with Gasteiger partial charge in [0.25, 0.3) is 5.56 Å². The molecule has 0 saturated carbocycles. The van der Waals surface area contributed by atoms with Crippen LogP contribution in [0.5, 0.6) is 0 Å². The van der Waals surface area contributed by atoms with Gasteiger partial charge in [-0.15, -0.1) is 0 Å². The van der Waals surface area contributed by atoms with Crippen LogP contribution in [0.3, 0.4) is 0 Å². The van der Waals surface area contributed by atoms with Crippen molar-refractivity contribution in [3.8, 4) is 0 Å². The van der Waals surface area contributed by atoms with E-state index in [4.69, 9.17) is 0 Å². The van der Waals surface area contributed by atoms with E-state index >= 15 is 0 Å². The molecule has 1 aromatic heterocycles. The number of allylic oxidation sites excluding steroid dienone is 1. The number of hydrogen-bond acceptors (Lipinski definition) is 3. The van der Waals surface area contributed by atoms with Crippen molar-refractivity contribution < 1.29 is 9.90 Å². The van der Waals surface area contributed by atoms with E-state index in [0.29, 0.717) is 29.2 Å². The number of nitrogens with zero attached hydrogens (tertiary/aromatic N) is 2. The molecule has 1 aliphatic heterocycles. The molecular formula is C22H20N2O3. The number of fused-ring (bicyclic) bond motifs is 2. The van der Waals surface area contributed by atoms with Gasteiger partial charge in [-0.2, -0.15) is 0 Å². The Morgan fingerprint density at radius 3 is 2.59 bits per heavy atom. The summed E-state index contributed by atoms with van der Waals surface area (Å²) in [6.45, 7) is 4.91. The van der Waals surface area contributed by atoms with Crippen LogP contribution in [0.25, 0.3) is 22.6 Å². The molecule has 1 N–H and O–H groups in total. The predicted molar refractivity (Wildman–Crippen MR) is 106 cm³/mol. The summed E-state index contributed by atoms with van der Waals surface area (Å²) >= 11 is 0. The first-order valence-electron chi connectivity index (χ1n) is 9.03. The highest BCUT2D eigenvalue weighted by atomic mass is 16.4. The average molecular weight is 360 g/mol. The van der Waals surface area contributed by atoms with Gasteiger partial charge in [-0.1, -0.05) is 38.1 Å². The topological polar surface area (TPSA) is 72.2 Å². The Morgan fingerprint density at radius 2 is 1.93 bits per heavy atom. The summed E-state index contributed by atoms with van der Waals surface area (Å²) in [6, 6.07) is 12.8. The highest BCUT2D eigenvalue weighted by Gasteiger charge is 2.21. The number of carboxylic acids is 1. The fourth-order valence-corrected chi connectivity index (χ4v) is 3.47. The molecule has 3 aromatic rings. The van der Waals surface area contributed by atoms with Crippen LogP contribution in [0.2, 0.25) is 0 Å². The Labute approximate surface area is 156 Å². The molecule has 0 radical (unpaired) electrons. The summed E-state index contributed by atoms with van der Waals surface area (Å²) in [4.78, 5) is 28.6. The summed E-state index contributed by atoms with van der Waals surface area (Å²) < 4.78 is 1.68. The van der Waals surface area contributed by atoms with Gasteiger partial charge >= 0.3 is 5.97 Å². The normalized spacial score (nSPS) is 14.9. The average Bonchev–Trinajstić information content (AvgIpc) is 3.05. The van der Waals surface area contributed by atoms with E-state index in [2.05, 4.69) is 49.2 Å². The maximum atomic E-state index is 12.8. The van der Waals surface area contributed by atoms with Crippen molar-refractivity contribution >= 4 is 28.5 Å². The first kappa shape index (κ1) is 17.2. The number of aromatic nitrogens is 2. The minimum absolute atomic E-state index is 0.120. The number of hydrogen-bond donors (Lipinski definition) is 1. The van der Waals surface area contributed by atoms with E-state index < -0.39 is 5.97 Å². The summed E-state index contributed by atoms with van der Waals surface area (Å²) in [5.41, 5.74) is 3.78. The Morgan fingerprint density at radius 1 is 1.19 bits per heavy atom. The van der Waals surface area contributed by atoms with Crippen LogP contribution in [-0.2, 0) is 6.54 Å². The highest BCUT2D eigenvalue weighted by Crippen LogP contribution is 2.28. The second-order valence-electron chi connectivity index (χ2n) is 7.17. The number of carboxylic acid groups (broad SMARTS) is 1. The zero-order valence-corrected chi connectivity index (χ0v) is 15.3. The summed E-state index contributed by atoms with van der Waals surface area (Å²) in [5, 5.41) is 9.64. The van der Waals surface area contributed by atoms with Crippen LogP contribution in [0.15, 0.2) is 47.3 Å². The lowest BCUT2D eigenvalue weighted by Crippen LogP contribution is -2.20. The zero-order chi connectivity index (χ0) is 19.1. The second kappa shape index (κ2) is 6.50. The van der Waals surface area contributed by atoms with Gasteiger partial charge in [0, 0.05) is 6.54 Å². The Hall–Kier alpha value is -3.21. The molecule has 5 heteroatoms. The van der Waals surface area contributed by atoms with Gasteiger partial charge in [-0.25, -0.2) is 9.78 Å². The third-order valence-corrected chi connectivity index (χ3v) is 5.04. The van der Waals surface area contributed by atoms with Crippen LogP contribution in [0, 0.1) is 0 Å². The number of carbonyl (C=O) groups is 1. The molecule has 2 heterocycles. The van der Waals surface area contributed by atoms with Crippen molar-refractivity contribution in [1.82, 2.24) is 9.55 Å². The fraction of sp³-hybridized carbons (Fsp3) is 0.227. The molecule has 0 fully saturated rings. The lowest BCUT2D eigenvalue weighted by molar-refractivity contribution is 0.0697. The first-order valence-corrected chi connectivity index (χ1v) is 9.03. The maximum Gasteiger partial charge on any atom is 0.335 e. The molecule has 27 heavy (non-hydrogen) atoms. The molecule has 2 aromatic carbocycles. The Kier molecular flexibility index (Phi) is 4.15. The van der Waals surface area contributed by atoms with Crippen molar-refractivity contribution in [2.45, 2.75) is 32.7 Å². The van der Waals surface area contributed by atoms with Crippen LogP contribution in [0.4, 0.5) is 0 Å². The van der Waals surface area contributed by atoms with E-state index in [0.717, 1.165) is 17.6 Å². The molecule has 1 aliphatic rings. The van der Waals surface area contributed by atoms with Crippen molar-refractivity contribution in [2.75, 3.05) is 0 Å². The van der Waals surface area contributed by atoms with Gasteiger partial charge in [0.05, 0.1) is 16.5 Å². The minimum Gasteiger partial charge on any atom is -0.478 e. The molecule has 0 bridgehead atoms. The van der Waals surface area contributed by atoms with Crippen molar-refractivity contribution in [3.05, 3.63) is 75.3 Å². The summed E-state index contributed by atoms with van der Waals surface area (Å²) in [5.74, 6) is 0.0808. The van der Waals surface area contributed by atoms with Crippen LogP contribution >= 0.6 is 0 Å². The van der Waals surface area contributed by atoms with E-state index in [-0.39, 0.29) is 11.1 Å². The van der Waals surface area contributed by atoms with Gasteiger partial charge in [-0.3, -0.25) is 9.36 Å². The minimum atomic E-state index is -1.03. The second-order valence-corrected chi connectivity index (χ2v) is 7.17. The third kappa shape index (κ3) is 3.05. The lowest BCUT2D eigenvalue weighted by Gasteiger charge is -2.07. The predicted octanol–water partition coefficient (Wildman–Crippen LogP) is 4.16. The standard InChI is InChI=1S/C22H20N2O3/c1-13(2)15-5-3-14(4-6-15)11-16-9-10-24-20(16)23-19-12-17(22(26)27)7-8-18(19)21(24)25/h3-8,11-13H,9-10H2,1-2H3,(H,26,27). The third-order valence-electron chi connectivity index (χ3n) is 5.04. The summed E-state index contributed by atoms with van der Waals surface area (Å²) in [7, 11) is 0. The van der Waals surface area contributed by atoms with E-state index in [1.165, 1.54) is 17.7 Å². The zero-order valence-electron chi connectivity index (χ0n) is 15.3. The molecule has 0 spiro atoms. The molecule has 136 valence electrons. The molecule has 0 aliphatic carbocycles. The number of rotatable bonds is 3. The molecular weight excluding hydrogens is 340 g/mol. The van der Waals surface area contributed by atoms with E-state index in [1.807, 2.05) is 0 Å². The Balaban J connectivity index is 1.81. The molecule has 0 atom stereocenters. The summed E-state index contributed by atoms with van der Waals surface area (Å²) in [6.07, 6.45) is 2.79. The van der Waals surface area contributed by atoms with Gasteiger partial charge in [-0.05, 0) is 53.3 Å². The monoisotopic (exact) mass is 360 g/mol. The SMILES string of the molecule is CC(C)c1ccc(C=C2CCn3c2nc2cc(C(=O)O)ccc2c3=O)cc1. The largest absolute Gasteiger partial charge is 0.478 e. The molecule has 0 saturated heterocycles. The highest BCUT2D eigenvalue weighted by molar-refractivity contribution is 5.93. The first-order chi connectivity index (χ1) is 12.9. The smallest absolute Gasteiger partial charge is 0.335 e. The number of aromatic carboxylic acids is 1. The number of benzene rings is 2. The fourth-order valence-electron chi connectivity index (χ4n) is 3.47. The van der Waals surface area contributed by atoms with E-state index in [9.17, 15) is 14.7 Å². The Bertz CT molecular complexity index is 1140. The van der Waals surface area contributed by atoms with E-state index in [1.54, 1.807) is 10.6 Å². The van der Waals surface area contributed by atoms with Gasteiger partial charge in [0.15, 0.2) is 0 Å². The van der Waals surface area contributed by atoms with Gasteiger partial charge in [0.1, 0.15) is 5.82 Å². The van der Waals surface area contributed by atoms with Crippen molar-refractivity contribution in [2.24, 2.45) is 0 Å². The lowest BCUT2D eigenvalue weighted by atomic mass is 10.0. The molecule has 4 rings (SSSR count).